The summed E-state index contributed by atoms with van der Waals surface area (Å²) in [5.41, 5.74) is 2.32. The third kappa shape index (κ3) is 4.41. The number of likely N-dealkylation sites (tertiary alicyclic amines) is 1. The number of hydrogen-bond donors (Lipinski definition) is 0. The van der Waals surface area contributed by atoms with Crippen molar-refractivity contribution in [1.82, 2.24) is 4.90 Å². The molecule has 2 aromatic rings. The summed E-state index contributed by atoms with van der Waals surface area (Å²) < 4.78 is 6.11. The van der Waals surface area contributed by atoms with E-state index in [9.17, 15) is 4.79 Å². The van der Waals surface area contributed by atoms with Gasteiger partial charge in [-0.25, -0.2) is 0 Å². The van der Waals surface area contributed by atoms with Crippen molar-refractivity contribution < 1.29 is 9.53 Å². The average molecular weight is 364 g/mol. The second-order valence-electron chi connectivity index (χ2n) is 7.98. The van der Waals surface area contributed by atoms with Gasteiger partial charge in [0, 0.05) is 6.54 Å². The summed E-state index contributed by atoms with van der Waals surface area (Å²) in [5, 5.41) is 0. The van der Waals surface area contributed by atoms with Gasteiger partial charge in [-0.05, 0) is 23.5 Å². The van der Waals surface area contributed by atoms with Crippen LogP contribution in [0.25, 0.3) is 0 Å². The Morgan fingerprint density at radius 2 is 1.48 bits per heavy atom. The molecule has 1 amide bonds. The summed E-state index contributed by atoms with van der Waals surface area (Å²) in [4.78, 5) is 14.9. The van der Waals surface area contributed by atoms with Crippen molar-refractivity contribution in [1.29, 1.82) is 0 Å². The van der Waals surface area contributed by atoms with E-state index >= 15 is 0 Å². The average Bonchev–Trinajstić information content (AvgIpc) is 2.74. The molecule has 2 aliphatic rings. The van der Waals surface area contributed by atoms with E-state index in [1.165, 1.54) is 37.7 Å². The molecule has 1 saturated carbocycles. The Hall–Kier alpha value is -2.13. The SMILES string of the molecule is O=C1C(OCc2ccccc2)C(CC2CCCCC2)N1Cc1ccccc1. The van der Waals surface area contributed by atoms with Gasteiger partial charge in [-0.15, -0.1) is 0 Å². The summed E-state index contributed by atoms with van der Waals surface area (Å²) in [6.07, 6.45) is 7.43. The van der Waals surface area contributed by atoms with Gasteiger partial charge in [0.2, 0.25) is 0 Å². The third-order valence-electron chi connectivity index (χ3n) is 6.04. The first-order valence-corrected chi connectivity index (χ1v) is 10.3. The molecule has 142 valence electrons. The summed E-state index contributed by atoms with van der Waals surface area (Å²) in [7, 11) is 0. The molecule has 3 heteroatoms. The standard InChI is InChI=1S/C24H29NO2/c26-24-23(27-18-21-14-8-3-9-15-21)22(16-19-10-4-1-5-11-19)25(24)17-20-12-6-2-7-13-20/h2-3,6-9,12-15,19,22-23H,1,4-5,10-11,16-18H2. The van der Waals surface area contributed by atoms with E-state index in [0.29, 0.717) is 13.2 Å². The van der Waals surface area contributed by atoms with Crippen LogP contribution in [0.5, 0.6) is 0 Å². The predicted octanol–water partition coefficient (Wildman–Crippen LogP) is 4.95. The van der Waals surface area contributed by atoms with Gasteiger partial charge in [0.25, 0.3) is 5.91 Å². The maximum atomic E-state index is 12.8. The fourth-order valence-corrected chi connectivity index (χ4v) is 4.51. The smallest absolute Gasteiger partial charge is 0.254 e. The molecule has 2 aromatic carbocycles. The Morgan fingerprint density at radius 1 is 0.852 bits per heavy atom. The number of amides is 1. The zero-order valence-electron chi connectivity index (χ0n) is 15.9. The lowest BCUT2D eigenvalue weighted by atomic mass is 9.80. The predicted molar refractivity (Wildman–Crippen MR) is 107 cm³/mol. The monoisotopic (exact) mass is 363 g/mol. The van der Waals surface area contributed by atoms with Crippen LogP contribution in [0.4, 0.5) is 0 Å². The maximum Gasteiger partial charge on any atom is 0.254 e. The van der Waals surface area contributed by atoms with E-state index in [1.807, 2.05) is 41.3 Å². The van der Waals surface area contributed by atoms with Crippen LogP contribution in [0.15, 0.2) is 60.7 Å². The van der Waals surface area contributed by atoms with Crippen molar-refractivity contribution in [2.24, 2.45) is 5.92 Å². The van der Waals surface area contributed by atoms with Crippen molar-refractivity contribution in [3.8, 4) is 0 Å². The molecule has 0 aromatic heterocycles. The number of carbonyl (C=O) groups excluding carboxylic acids is 1. The van der Waals surface area contributed by atoms with Crippen LogP contribution in [-0.2, 0) is 22.7 Å². The van der Waals surface area contributed by atoms with E-state index in [0.717, 1.165) is 17.9 Å². The Bertz CT molecular complexity index is 725. The first-order valence-electron chi connectivity index (χ1n) is 10.3. The minimum Gasteiger partial charge on any atom is -0.362 e. The highest BCUT2D eigenvalue weighted by Gasteiger charge is 2.48. The number of carbonyl (C=O) groups is 1. The highest BCUT2D eigenvalue weighted by Crippen LogP contribution is 2.35. The maximum absolute atomic E-state index is 12.8. The second kappa shape index (κ2) is 8.71. The zero-order chi connectivity index (χ0) is 18.5. The van der Waals surface area contributed by atoms with Gasteiger partial charge in [-0.1, -0.05) is 92.8 Å². The molecule has 1 saturated heterocycles. The van der Waals surface area contributed by atoms with Crippen LogP contribution in [-0.4, -0.2) is 23.0 Å². The molecular weight excluding hydrogens is 334 g/mol. The number of nitrogens with zero attached hydrogens (tertiary/aromatic N) is 1. The molecule has 2 fully saturated rings. The topological polar surface area (TPSA) is 29.5 Å². The number of hydrogen-bond acceptors (Lipinski definition) is 2. The van der Waals surface area contributed by atoms with Crippen molar-refractivity contribution in [2.75, 3.05) is 0 Å². The zero-order valence-corrected chi connectivity index (χ0v) is 15.9. The lowest BCUT2D eigenvalue weighted by molar-refractivity contribution is -0.179. The highest BCUT2D eigenvalue weighted by molar-refractivity contribution is 5.88. The van der Waals surface area contributed by atoms with E-state index < -0.39 is 0 Å². The molecule has 0 N–H and O–H groups in total. The lowest BCUT2D eigenvalue weighted by Crippen LogP contribution is -2.65. The molecule has 3 nitrogen and oxygen atoms in total. The Kier molecular flexibility index (Phi) is 5.88. The highest BCUT2D eigenvalue weighted by atomic mass is 16.5. The molecule has 27 heavy (non-hydrogen) atoms. The van der Waals surface area contributed by atoms with E-state index in [2.05, 4.69) is 24.3 Å². The first kappa shape index (κ1) is 18.2. The van der Waals surface area contributed by atoms with E-state index in [4.69, 9.17) is 4.74 Å². The van der Waals surface area contributed by atoms with Gasteiger partial charge >= 0.3 is 0 Å². The minimum atomic E-state index is -0.282. The number of benzene rings is 2. The molecule has 0 radical (unpaired) electrons. The van der Waals surface area contributed by atoms with Crippen LogP contribution in [0.2, 0.25) is 0 Å². The van der Waals surface area contributed by atoms with Gasteiger partial charge in [0.15, 0.2) is 6.10 Å². The van der Waals surface area contributed by atoms with Crippen molar-refractivity contribution >= 4 is 5.91 Å². The van der Waals surface area contributed by atoms with Crippen LogP contribution < -0.4 is 0 Å². The molecule has 1 aliphatic heterocycles. The molecule has 2 atom stereocenters. The Labute approximate surface area is 162 Å². The lowest BCUT2D eigenvalue weighted by Gasteiger charge is -2.48. The van der Waals surface area contributed by atoms with Crippen LogP contribution in [0.3, 0.4) is 0 Å². The summed E-state index contributed by atoms with van der Waals surface area (Å²) in [6, 6.07) is 20.7. The molecular formula is C24H29NO2. The number of ether oxygens (including phenoxy) is 1. The minimum absolute atomic E-state index is 0.149. The largest absolute Gasteiger partial charge is 0.362 e. The molecule has 1 aliphatic carbocycles. The van der Waals surface area contributed by atoms with E-state index in [1.54, 1.807) is 0 Å². The fraction of sp³-hybridized carbons (Fsp3) is 0.458. The fourth-order valence-electron chi connectivity index (χ4n) is 4.51. The van der Waals surface area contributed by atoms with Gasteiger partial charge < -0.3 is 9.64 Å². The third-order valence-corrected chi connectivity index (χ3v) is 6.04. The molecule has 0 spiro atoms. The summed E-state index contributed by atoms with van der Waals surface area (Å²) in [5.74, 6) is 0.883. The summed E-state index contributed by atoms with van der Waals surface area (Å²) in [6.45, 7) is 1.21. The Morgan fingerprint density at radius 3 is 2.15 bits per heavy atom. The molecule has 0 bridgehead atoms. The quantitative estimate of drug-likeness (QED) is 0.651. The van der Waals surface area contributed by atoms with Gasteiger partial charge in [0.1, 0.15) is 0 Å². The van der Waals surface area contributed by atoms with Crippen LogP contribution in [0, 0.1) is 5.92 Å². The van der Waals surface area contributed by atoms with Gasteiger partial charge in [-0.2, -0.15) is 0 Å². The van der Waals surface area contributed by atoms with Crippen molar-refractivity contribution in [3.63, 3.8) is 0 Å². The van der Waals surface area contributed by atoms with Gasteiger partial charge in [-0.3, -0.25) is 4.79 Å². The second-order valence-corrected chi connectivity index (χ2v) is 7.98. The van der Waals surface area contributed by atoms with Gasteiger partial charge in [0.05, 0.1) is 12.6 Å². The first-order chi connectivity index (χ1) is 13.3. The number of β-lactam (4-membered cyclic amide) rings is 1. The van der Waals surface area contributed by atoms with Crippen LogP contribution in [0.1, 0.15) is 49.7 Å². The molecule has 1 heterocycles. The summed E-state index contributed by atoms with van der Waals surface area (Å²) >= 11 is 0. The van der Waals surface area contributed by atoms with Crippen molar-refractivity contribution in [2.45, 2.75) is 63.8 Å². The Balaban J connectivity index is 1.43. The normalized spacial score (nSPS) is 23.3. The van der Waals surface area contributed by atoms with E-state index in [-0.39, 0.29) is 18.1 Å². The number of rotatable bonds is 7. The molecule has 4 rings (SSSR count). The van der Waals surface area contributed by atoms with Crippen molar-refractivity contribution in [3.05, 3.63) is 71.8 Å². The molecule has 2 unspecified atom stereocenters. The van der Waals surface area contributed by atoms with Crippen LogP contribution >= 0.6 is 0 Å².